The topological polar surface area (TPSA) is 12.4 Å². The normalized spacial score (nSPS) is 22.8. The monoisotopic (exact) mass is 167 g/mol. The van der Waals surface area contributed by atoms with Gasteiger partial charge in [-0.05, 0) is 28.9 Å². The molecule has 0 aromatic carbocycles. The van der Waals surface area contributed by atoms with Crippen LogP contribution in [0.1, 0.15) is 6.42 Å². The first-order chi connectivity index (χ1) is 6.43. The van der Waals surface area contributed by atoms with Gasteiger partial charge in [-0.15, -0.1) is 0 Å². The summed E-state index contributed by atoms with van der Waals surface area (Å²) in [4.78, 5) is 4.29. The van der Waals surface area contributed by atoms with Gasteiger partial charge in [0.2, 0.25) is 0 Å². The fourth-order valence-electron chi connectivity index (χ4n) is 1.84. The summed E-state index contributed by atoms with van der Waals surface area (Å²) in [6.45, 7) is 0. The number of hydrogen-bond donors (Lipinski definition) is 0. The molecule has 62 valence electrons. The summed E-state index contributed by atoms with van der Waals surface area (Å²) in [5.74, 6) is 0. The molecule has 0 unspecified atom stereocenters. The van der Waals surface area contributed by atoms with Crippen LogP contribution in [0.25, 0.3) is 0 Å². The first-order valence-corrected chi connectivity index (χ1v) is 4.47. The van der Waals surface area contributed by atoms with E-state index in [1.54, 1.807) is 0 Å². The first kappa shape index (κ1) is 6.84. The molecule has 1 heteroatoms. The second kappa shape index (κ2) is 2.43. The molecule has 0 bridgehead atoms. The van der Waals surface area contributed by atoms with Crippen LogP contribution in [0.4, 0.5) is 0 Å². The molecular formula is C12H9N. The Balaban J connectivity index is 2.11. The van der Waals surface area contributed by atoms with Crippen LogP contribution in [0.2, 0.25) is 0 Å². The quantitative estimate of drug-likeness (QED) is 0.526. The van der Waals surface area contributed by atoms with Gasteiger partial charge in [0.15, 0.2) is 0 Å². The minimum Gasteiger partial charge on any atom is -0.257 e. The van der Waals surface area contributed by atoms with Gasteiger partial charge in [-0.1, -0.05) is 24.3 Å². The predicted molar refractivity (Wildman–Crippen MR) is 54.6 cm³/mol. The summed E-state index contributed by atoms with van der Waals surface area (Å²) >= 11 is 0. The van der Waals surface area contributed by atoms with E-state index in [1.165, 1.54) is 16.7 Å². The molecule has 1 heterocycles. The molecule has 3 rings (SSSR count). The van der Waals surface area contributed by atoms with E-state index >= 15 is 0 Å². The van der Waals surface area contributed by atoms with Crippen LogP contribution in [-0.4, -0.2) is 6.21 Å². The third-order valence-corrected chi connectivity index (χ3v) is 2.56. The fourth-order valence-corrected chi connectivity index (χ4v) is 1.84. The molecule has 1 aliphatic heterocycles. The van der Waals surface area contributed by atoms with Gasteiger partial charge in [0, 0.05) is 12.6 Å². The third-order valence-electron chi connectivity index (χ3n) is 2.56. The molecule has 0 N–H and O–H groups in total. The molecule has 0 aromatic heterocycles. The number of nitrogens with zero attached hydrogens (tertiary/aromatic N) is 1. The van der Waals surface area contributed by atoms with E-state index in [0.29, 0.717) is 0 Å². The minimum absolute atomic E-state index is 1.02. The highest BCUT2D eigenvalue weighted by Gasteiger charge is 2.16. The van der Waals surface area contributed by atoms with Crippen molar-refractivity contribution in [3.63, 3.8) is 0 Å². The van der Waals surface area contributed by atoms with E-state index in [4.69, 9.17) is 0 Å². The van der Waals surface area contributed by atoms with Gasteiger partial charge >= 0.3 is 0 Å². The van der Waals surface area contributed by atoms with E-state index in [2.05, 4.69) is 41.4 Å². The molecule has 2 aliphatic carbocycles. The van der Waals surface area contributed by atoms with Crippen LogP contribution in [-0.2, 0) is 0 Å². The van der Waals surface area contributed by atoms with Crippen molar-refractivity contribution in [1.82, 2.24) is 0 Å². The molecule has 0 fully saturated rings. The third kappa shape index (κ3) is 0.970. The Hall–Kier alpha value is -1.63. The highest BCUT2D eigenvalue weighted by molar-refractivity contribution is 5.80. The maximum atomic E-state index is 4.29. The highest BCUT2D eigenvalue weighted by atomic mass is 14.8. The van der Waals surface area contributed by atoms with Crippen LogP contribution >= 0.6 is 0 Å². The summed E-state index contributed by atoms with van der Waals surface area (Å²) in [6, 6.07) is 0. The van der Waals surface area contributed by atoms with Crippen molar-refractivity contribution in [3.05, 3.63) is 58.9 Å². The molecular weight excluding hydrogens is 158 g/mol. The summed E-state index contributed by atoms with van der Waals surface area (Å²) in [6.07, 6.45) is 15.7. The zero-order valence-corrected chi connectivity index (χ0v) is 7.20. The van der Waals surface area contributed by atoms with E-state index < -0.39 is 0 Å². The number of hydrogen-bond acceptors (Lipinski definition) is 1. The van der Waals surface area contributed by atoms with Gasteiger partial charge in [-0.2, -0.15) is 0 Å². The maximum Gasteiger partial charge on any atom is 0.0665 e. The van der Waals surface area contributed by atoms with Gasteiger partial charge in [0.25, 0.3) is 0 Å². The number of fused-ring (bicyclic) bond motifs is 2. The molecule has 13 heavy (non-hydrogen) atoms. The second-order valence-corrected chi connectivity index (χ2v) is 3.37. The van der Waals surface area contributed by atoms with Crippen molar-refractivity contribution in [2.24, 2.45) is 4.99 Å². The van der Waals surface area contributed by atoms with E-state index in [1.807, 2.05) is 6.21 Å². The Morgan fingerprint density at radius 3 is 3.00 bits per heavy atom. The van der Waals surface area contributed by atoms with Crippen LogP contribution in [0.5, 0.6) is 0 Å². The summed E-state index contributed by atoms with van der Waals surface area (Å²) < 4.78 is 0. The largest absolute Gasteiger partial charge is 0.257 e. The van der Waals surface area contributed by atoms with Gasteiger partial charge in [0.1, 0.15) is 0 Å². The summed E-state index contributed by atoms with van der Waals surface area (Å²) in [5.41, 5.74) is 5.19. The summed E-state index contributed by atoms with van der Waals surface area (Å²) in [7, 11) is 0. The lowest BCUT2D eigenvalue weighted by atomic mass is 10.0. The van der Waals surface area contributed by atoms with E-state index in [0.717, 1.165) is 12.1 Å². The van der Waals surface area contributed by atoms with Gasteiger partial charge in [-0.25, -0.2) is 0 Å². The molecule has 0 atom stereocenters. The molecule has 0 amide bonds. The Morgan fingerprint density at radius 2 is 2.00 bits per heavy atom. The maximum absolute atomic E-state index is 4.29. The fraction of sp³-hybridized carbons (Fsp3) is 0.0833. The van der Waals surface area contributed by atoms with Crippen molar-refractivity contribution < 1.29 is 0 Å². The molecule has 0 saturated heterocycles. The van der Waals surface area contributed by atoms with Crippen LogP contribution in [0.3, 0.4) is 0 Å². The average molecular weight is 167 g/mol. The number of aliphatic imine (C=N–C) groups is 1. The lowest BCUT2D eigenvalue weighted by Gasteiger charge is -2.02. The van der Waals surface area contributed by atoms with Crippen molar-refractivity contribution >= 4 is 6.21 Å². The highest BCUT2D eigenvalue weighted by Crippen LogP contribution is 2.33. The SMILES string of the molecule is C1=CC2=CC=C3N=CC=C3CC2=C1. The molecule has 0 aromatic rings. The zero-order chi connectivity index (χ0) is 8.67. The van der Waals surface area contributed by atoms with Crippen LogP contribution in [0, 0.1) is 0 Å². The Morgan fingerprint density at radius 1 is 1.00 bits per heavy atom. The zero-order valence-electron chi connectivity index (χ0n) is 7.20. The average Bonchev–Trinajstić information content (AvgIpc) is 2.72. The van der Waals surface area contributed by atoms with Gasteiger partial charge in [-0.3, -0.25) is 4.99 Å². The Bertz CT molecular complexity index is 398. The lowest BCUT2D eigenvalue weighted by molar-refractivity contribution is 1.16. The van der Waals surface area contributed by atoms with Crippen LogP contribution in [0.15, 0.2) is 63.9 Å². The van der Waals surface area contributed by atoms with Crippen molar-refractivity contribution in [1.29, 1.82) is 0 Å². The predicted octanol–water partition coefficient (Wildman–Crippen LogP) is 2.71. The minimum atomic E-state index is 1.02. The second-order valence-electron chi connectivity index (χ2n) is 3.37. The van der Waals surface area contributed by atoms with Crippen molar-refractivity contribution in [2.45, 2.75) is 6.42 Å². The molecule has 3 aliphatic rings. The van der Waals surface area contributed by atoms with E-state index in [9.17, 15) is 0 Å². The smallest absolute Gasteiger partial charge is 0.0665 e. The molecule has 1 nitrogen and oxygen atoms in total. The van der Waals surface area contributed by atoms with Crippen molar-refractivity contribution in [2.75, 3.05) is 0 Å². The Labute approximate surface area is 77.2 Å². The van der Waals surface area contributed by atoms with Crippen molar-refractivity contribution in [3.8, 4) is 0 Å². The van der Waals surface area contributed by atoms with Gasteiger partial charge in [0.05, 0.1) is 5.70 Å². The van der Waals surface area contributed by atoms with E-state index in [-0.39, 0.29) is 0 Å². The van der Waals surface area contributed by atoms with Gasteiger partial charge < -0.3 is 0 Å². The standard InChI is InChI=1S/C12H9N/c1-2-9-4-5-12-11(6-7-13-12)8-10(9)3-1/h1-7H,8H2. The molecule has 0 radical (unpaired) electrons. The lowest BCUT2D eigenvalue weighted by Crippen LogP contribution is -1.85. The molecule has 0 saturated carbocycles. The Kier molecular flexibility index (Phi) is 1.28. The summed E-state index contributed by atoms with van der Waals surface area (Å²) in [5, 5.41) is 0. The molecule has 0 spiro atoms. The number of allylic oxidation sites excluding steroid dienone is 9. The first-order valence-electron chi connectivity index (χ1n) is 4.47. The number of rotatable bonds is 0. The van der Waals surface area contributed by atoms with Crippen LogP contribution < -0.4 is 0 Å².